The van der Waals surface area contributed by atoms with Gasteiger partial charge in [-0.1, -0.05) is 0 Å². The fraction of sp³-hybridized carbons (Fsp3) is 0.882. The van der Waals surface area contributed by atoms with Crippen LogP contribution in [0.1, 0.15) is 46.5 Å². The number of esters is 1. The molecule has 136 valence electrons. The Balaban J connectivity index is 1.81. The minimum Gasteiger partial charge on any atom is -0.459 e. The zero-order chi connectivity index (χ0) is 17.9. The van der Waals surface area contributed by atoms with Gasteiger partial charge in [-0.3, -0.25) is 9.59 Å². The molecule has 4 nitrogen and oxygen atoms in total. The van der Waals surface area contributed by atoms with Gasteiger partial charge in [0.1, 0.15) is 12.5 Å². The molecule has 1 heterocycles. The van der Waals surface area contributed by atoms with Gasteiger partial charge in [-0.15, -0.1) is 0 Å². The third-order valence-corrected chi connectivity index (χ3v) is 5.50. The summed E-state index contributed by atoms with van der Waals surface area (Å²) in [5.41, 5.74) is -0.671. The molecule has 5 atom stereocenters. The molecule has 0 N–H and O–H groups in total. The van der Waals surface area contributed by atoms with E-state index in [0.717, 1.165) is 19.3 Å². The SMILES string of the molecule is CC(C)(C)C(=O)O[C@@H]1C2[C@H]3C[C@H](C[C@@H]1C3)CN2C(=O)CC(F)(F)F. The molecule has 7 heteroatoms. The van der Waals surface area contributed by atoms with Crippen LogP contribution in [0.5, 0.6) is 0 Å². The number of nitrogens with zero attached hydrogens (tertiary/aromatic N) is 1. The molecule has 2 saturated carbocycles. The summed E-state index contributed by atoms with van der Waals surface area (Å²) in [6, 6.07) is -0.394. The van der Waals surface area contributed by atoms with Gasteiger partial charge in [0, 0.05) is 6.54 Å². The number of halogens is 3. The predicted molar refractivity (Wildman–Crippen MR) is 79.8 cm³/mol. The van der Waals surface area contributed by atoms with Gasteiger partial charge in [0.15, 0.2) is 0 Å². The van der Waals surface area contributed by atoms with Crippen molar-refractivity contribution in [3.63, 3.8) is 0 Å². The minimum absolute atomic E-state index is 0.150. The fourth-order valence-corrected chi connectivity index (χ4v) is 4.62. The monoisotopic (exact) mass is 347 g/mol. The Morgan fingerprint density at radius 2 is 1.71 bits per heavy atom. The Morgan fingerprint density at radius 3 is 2.29 bits per heavy atom. The summed E-state index contributed by atoms with van der Waals surface area (Å²) in [4.78, 5) is 25.9. The number of carbonyl (C=O) groups is 2. The zero-order valence-electron chi connectivity index (χ0n) is 14.2. The third-order valence-electron chi connectivity index (χ3n) is 5.50. The van der Waals surface area contributed by atoms with Crippen LogP contribution in [0.15, 0.2) is 0 Å². The van der Waals surface area contributed by atoms with Crippen LogP contribution in [-0.4, -0.2) is 41.6 Å². The van der Waals surface area contributed by atoms with E-state index in [1.54, 1.807) is 20.8 Å². The molecule has 24 heavy (non-hydrogen) atoms. The Kier molecular flexibility index (Phi) is 4.12. The second-order valence-corrected chi connectivity index (χ2v) is 8.54. The number of alkyl halides is 3. The number of hydrogen-bond acceptors (Lipinski definition) is 3. The minimum atomic E-state index is -4.51. The lowest BCUT2D eigenvalue weighted by Crippen LogP contribution is -2.54. The van der Waals surface area contributed by atoms with Crippen LogP contribution in [0.3, 0.4) is 0 Å². The molecule has 0 aromatic rings. The first-order valence-corrected chi connectivity index (χ1v) is 8.53. The van der Waals surface area contributed by atoms with E-state index in [1.807, 2.05) is 0 Å². The largest absolute Gasteiger partial charge is 0.459 e. The number of rotatable bonds is 2. The lowest BCUT2D eigenvalue weighted by Gasteiger charge is -2.42. The average molecular weight is 347 g/mol. The van der Waals surface area contributed by atoms with Crippen molar-refractivity contribution in [2.45, 2.75) is 64.8 Å². The molecule has 3 fully saturated rings. The summed E-state index contributed by atoms with van der Waals surface area (Å²) < 4.78 is 43.6. The van der Waals surface area contributed by atoms with Gasteiger partial charge in [0.25, 0.3) is 0 Å². The molecule has 1 aliphatic heterocycles. The van der Waals surface area contributed by atoms with Crippen LogP contribution in [0.4, 0.5) is 13.2 Å². The number of fused-ring (bicyclic) bond motifs is 2. The van der Waals surface area contributed by atoms with E-state index in [2.05, 4.69) is 0 Å². The topological polar surface area (TPSA) is 46.6 Å². The van der Waals surface area contributed by atoms with Crippen molar-refractivity contribution < 1.29 is 27.5 Å². The van der Waals surface area contributed by atoms with E-state index in [9.17, 15) is 22.8 Å². The Morgan fingerprint density at radius 1 is 1.08 bits per heavy atom. The zero-order valence-corrected chi connectivity index (χ0v) is 14.2. The number of piperidine rings is 1. The molecule has 0 radical (unpaired) electrons. The smallest absolute Gasteiger partial charge is 0.397 e. The molecule has 0 spiro atoms. The second-order valence-electron chi connectivity index (χ2n) is 8.54. The third kappa shape index (κ3) is 3.26. The van der Waals surface area contributed by atoms with Gasteiger partial charge in [0.2, 0.25) is 5.91 Å². The maximum absolute atomic E-state index is 12.6. The van der Waals surface area contributed by atoms with E-state index >= 15 is 0 Å². The van der Waals surface area contributed by atoms with Crippen LogP contribution in [-0.2, 0) is 14.3 Å². The standard InChI is InChI=1S/C17H24F3NO3/c1-16(2,3)15(23)24-14-11-5-9-4-10(6-11)13(14)21(8-9)12(22)7-17(18,19)20/h9-11,13-14H,4-8H2,1-3H3/t9-,10+,11-,13?,14+/m1/s1. The summed E-state index contributed by atoms with van der Waals surface area (Å²) in [7, 11) is 0. The molecule has 2 aliphatic carbocycles. The van der Waals surface area contributed by atoms with Gasteiger partial charge >= 0.3 is 12.1 Å². The number of amides is 1. The van der Waals surface area contributed by atoms with Crippen molar-refractivity contribution in [1.29, 1.82) is 0 Å². The van der Waals surface area contributed by atoms with Crippen LogP contribution >= 0.6 is 0 Å². The van der Waals surface area contributed by atoms with E-state index in [4.69, 9.17) is 4.74 Å². The first kappa shape index (κ1) is 17.5. The summed E-state index contributed by atoms with van der Waals surface area (Å²) in [6.07, 6.45) is -3.84. The lowest BCUT2D eigenvalue weighted by molar-refractivity contribution is -0.173. The molecule has 3 aliphatic rings. The van der Waals surface area contributed by atoms with Gasteiger partial charge in [-0.25, -0.2) is 0 Å². The van der Waals surface area contributed by atoms with Crippen LogP contribution in [0.25, 0.3) is 0 Å². The summed E-state index contributed by atoms with van der Waals surface area (Å²) in [5, 5.41) is 0. The molecule has 0 aromatic carbocycles. The van der Waals surface area contributed by atoms with Gasteiger partial charge < -0.3 is 9.64 Å². The van der Waals surface area contributed by atoms with Crippen molar-refractivity contribution in [1.82, 2.24) is 4.90 Å². The molecular weight excluding hydrogens is 323 g/mol. The summed E-state index contributed by atoms with van der Waals surface area (Å²) in [6.45, 7) is 5.61. The highest BCUT2D eigenvalue weighted by atomic mass is 19.4. The van der Waals surface area contributed by atoms with E-state index in [-0.39, 0.29) is 23.7 Å². The Hall–Kier alpha value is -1.27. The highest BCUT2D eigenvalue weighted by Crippen LogP contribution is 2.52. The molecular formula is C17H24F3NO3. The molecule has 1 unspecified atom stereocenters. The van der Waals surface area contributed by atoms with Gasteiger partial charge in [0.05, 0.1) is 11.5 Å². The van der Waals surface area contributed by atoms with Crippen molar-refractivity contribution in [2.24, 2.45) is 23.2 Å². The fourth-order valence-electron chi connectivity index (χ4n) is 4.62. The first-order chi connectivity index (χ1) is 11.0. The summed E-state index contributed by atoms with van der Waals surface area (Å²) in [5.74, 6) is -0.708. The number of likely N-dealkylation sites (tertiary alicyclic amines) is 1. The van der Waals surface area contributed by atoms with Crippen LogP contribution < -0.4 is 0 Å². The maximum atomic E-state index is 12.6. The van der Waals surface area contributed by atoms with Crippen LogP contribution in [0.2, 0.25) is 0 Å². The van der Waals surface area contributed by atoms with Gasteiger partial charge in [-0.05, 0) is 57.8 Å². The highest BCUT2D eigenvalue weighted by molar-refractivity contribution is 5.78. The number of carbonyl (C=O) groups excluding carboxylic acids is 2. The average Bonchev–Trinajstić information content (AvgIpc) is 2.57. The van der Waals surface area contributed by atoms with Gasteiger partial charge in [-0.2, -0.15) is 13.2 Å². The van der Waals surface area contributed by atoms with E-state index in [0.29, 0.717) is 6.54 Å². The lowest BCUT2D eigenvalue weighted by atomic mass is 9.78. The van der Waals surface area contributed by atoms with E-state index in [1.165, 1.54) is 4.90 Å². The molecule has 3 rings (SSSR count). The Bertz CT molecular complexity index is 540. The highest BCUT2D eigenvalue weighted by Gasteiger charge is 2.57. The van der Waals surface area contributed by atoms with E-state index < -0.39 is 36.1 Å². The van der Waals surface area contributed by atoms with Crippen molar-refractivity contribution >= 4 is 11.9 Å². The number of hydrogen-bond donors (Lipinski definition) is 0. The quantitative estimate of drug-likeness (QED) is 0.721. The molecule has 1 amide bonds. The normalized spacial score (nSPS) is 35.2. The van der Waals surface area contributed by atoms with Crippen LogP contribution in [0, 0.1) is 23.2 Å². The summed E-state index contributed by atoms with van der Waals surface area (Å²) >= 11 is 0. The Labute approximate surface area is 139 Å². The van der Waals surface area contributed by atoms with Crippen molar-refractivity contribution in [2.75, 3.05) is 6.54 Å². The first-order valence-electron chi connectivity index (χ1n) is 8.53. The van der Waals surface area contributed by atoms with Crippen molar-refractivity contribution in [3.05, 3.63) is 0 Å². The molecule has 1 saturated heterocycles. The molecule has 3 bridgehead atoms. The maximum Gasteiger partial charge on any atom is 0.397 e. The second kappa shape index (κ2) is 5.63. The molecule has 0 aromatic heterocycles. The predicted octanol–water partition coefficient (Wildman–Crippen LogP) is 3.15. The number of ether oxygens (including phenoxy) is 1. The van der Waals surface area contributed by atoms with Crippen molar-refractivity contribution in [3.8, 4) is 0 Å².